The molecule has 5 rings (SSSR count). The summed E-state index contributed by atoms with van der Waals surface area (Å²) in [6.07, 6.45) is 5.30. The molecule has 2 bridgehead atoms. The molecule has 300 valence electrons. The fraction of sp³-hybridized carbons (Fsp3) is 0.581. The average molecular weight is 759 g/mol. The first kappa shape index (κ1) is 41.7. The molecular formula is C43H62N6O6. The number of amides is 2. The summed E-state index contributed by atoms with van der Waals surface area (Å²) in [6, 6.07) is 12.7. The molecule has 0 aliphatic heterocycles. The van der Waals surface area contributed by atoms with Crippen LogP contribution in [0.1, 0.15) is 98.5 Å². The van der Waals surface area contributed by atoms with E-state index in [0.717, 1.165) is 63.7 Å². The van der Waals surface area contributed by atoms with Crippen molar-refractivity contribution in [1.82, 2.24) is 30.2 Å². The summed E-state index contributed by atoms with van der Waals surface area (Å²) >= 11 is 0. The van der Waals surface area contributed by atoms with Crippen molar-refractivity contribution >= 4 is 17.8 Å². The van der Waals surface area contributed by atoms with E-state index in [-0.39, 0.29) is 29.4 Å². The number of rotatable bonds is 17. The third-order valence-corrected chi connectivity index (χ3v) is 11.9. The predicted octanol–water partition coefficient (Wildman–Crippen LogP) is 6.33. The molecule has 2 saturated carbocycles. The fourth-order valence-electron chi connectivity index (χ4n) is 9.15. The molecule has 0 spiro atoms. The van der Waals surface area contributed by atoms with Gasteiger partial charge in [0.25, 0.3) is 11.8 Å². The molecule has 0 radical (unpaired) electrons. The van der Waals surface area contributed by atoms with Gasteiger partial charge in [0.2, 0.25) is 0 Å². The normalized spacial score (nSPS) is 22.1. The molecule has 3 aromatic rings. The first-order valence-corrected chi connectivity index (χ1v) is 19.9. The average Bonchev–Trinajstić information content (AvgIpc) is 3.60. The Morgan fingerprint density at radius 1 is 0.964 bits per heavy atom. The van der Waals surface area contributed by atoms with Crippen LogP contribution in [0.15, 0.2) is 42.5 Å². The number of ether oxygens (including phenoxy) is 2. The van der Waals surface area contributed by atoms with Crippen LogP contribution in [0.3, 0.4) is 0 Å². The number of methoxy groups -OCH3 is 2. The Bertz CT molecular complexity index is 1800. The van der Waals surface area contributed by atoms with Gasteiger partial charge in [-0.1, -0.05) is 33.8 Å². The van der Waals surface area contributed by atoms with Crippen LogP contribution in [0, 0.1) is 23.7 Å². The lowest BCUT2D eigenvalue weighted by Crippen LogP contribution is -2.66. The van der Waals surface area contributed by atoms with E-state index < -0.39 is 17.4 Å². The van der Waals surface area contributed by atoms with E-state index in [4.69, 9.17) is 14.6 Å². The third kappa shape index (κ3) is 8.86. The van der Waals surface area contributed by atoms with Crippen molar-refractivity contribution in [2.45, 2.75) is 77.7 Å². The van der Waals surface area contributed by atoms with E-state index in [9.17, 15) is 19.5 Å². The number of carbonyl (C=O) groups excluding carboxylic acids is 2. The highest BCUT2D eigenvalue weighted by Gasteiger charge is 2.56. The van der Waals surface area contributed by atoms with Gasteiger partial charge in [-0.25, -0.2) is 9.48 Å². The quantitative estimate of drug-likeness (QED) is 0.135. The molecule has 0 saturated heterocycles. The second kappa shape index (κ2) is 18.0. The molecule has 12 nitrogen and oxygen atoms in total. The first-order valence-electron chi connectivity index (χ1n) is 19.9. The van der Waals surface area contributed by atoms with Crippen molar-refractivity contribution in [1.29, 1.82) is 0 Å². The zero-order valence-electron chi connectivity index (χ0n) is 34.3. The number of aromatic nitrogens is 2. The number of hydrogen-bond acceptors (Lipinski definition) is 8. The van der Waals surface area contributed by atoms with Gasteiger partial charge in [0.1, 0.15) is 17.0 Å². The highest BCUT2D eigenvalue weighted by molar-refractivity contribution is 5.98. The molecule has 55 heavy (non-hydrogen) atoms. The highest BCUT2D eigenvalue weighted by atomic mass is 16.5. The Balaban J connectivity index is 1.53. The Morgan fingerprint density at radius 3 is 2.29 bits per heavy atom. The largest absolute Gasteiger partial charge is 0.496 e. The van der Waals surface area contributed by atoms with E-state index in [1.54, 1.807) is 35.9 Å². The number of fused-ring (bicyclic) bond motifs is 2. The lowest BCUT2D eigenvalue weighted by Gasteiger charge is -2.52. The molecule has 1 aromatic heterocycles. The van der Waals surface area contributed by atoms with Crippen LogP contribution >= 0.6 is 0 Å². The molecule has 2 aliphatic carbocycles. The van der Waals surface area contributed by atoms with Crippen LogP contribution in [-0.2, 0) is 4.79 Å². The maximum Gasteiger partial charge on any atom is 0.329 e. The van der Waals surface area contributed by atoms with Crippen molar-refractivity contribution in [3.63, 3.8) is 0 Å². The van der Waals surface area contributed by atoms with Crippen LogP contribution in [0.4, 0.5) is 0 Å². The lowest BCUT2D eigenvalue weighted by atomic mass is 9.56. The van der Waals surface area contributed by atoms with Gasteiger partial charge in [0, 0.05) is 19.2 Å². The molecule has 1 heterocycles. The van der Waals surface area contributed by atoms with Crippen molar-refractivity contribution in [2.24, 2.45) is 23.7 Å². The van der Waals surface area contributed by atoms with Crippen LogP contribution in [-0.4, -0.2) is 110 Å². The molecule has 2 fully saturated rings. The van der Waals surface area contributed by atoms with Crippen LogP contribution in [0.25, 0.3) is 16.9 Å². The SMILES string of the molecule is CNCCCN(C)CCCN(C)C(=O)c1ccc(-n2nc(C(=O)NC3(C(=O)O)C(C)CC4CC(C)CC3C4)cc2-c2c(OC)cccc2OC)c(C(C)C)c1. The Labute approximate surface area is 326 Å². The number of nitrogens with one attached hydrogen (secondary N) is 2. The molecule has 2 aliphatic rings. The van der Waals surface area contributed by atoms with Crippen LogP contribution in [0.2, 0.25) is 0 Å². The summed E-state index contributed by atoms with van der Waals surface area (Å²) in [7, 11) is 9.05. The smallest absolute Gasteiger partial charge is 0.329 e. The Morgan fingerprint density at radius 2 is 1.65 bits per heavy atom. The number of carbonyl (C=O) groups is 3. The van der Waals surface area contributed by atoms with Gasteiger partial charge in [-0.3, -0.25) is 9.59 Å². The van der Waals surface area contributed by atoms with Crippen molar-refractivity contribution in [2.75, 3.05) is 61.5 Å². The third-order valence-electron chi connectivity index (χ3n) is 11.9. The monoisotopic (exact) mass is 758 g/mol. The van der Waals surface area contributed by atoms with Gasteiger partial charge in [-0.15, -0.1) is 0 Å². The van der Waals surface area contributed by atoms with E-state index in [0.29, 0.717) is 52.4 Å². The van der Waals surface area contributed by atoms with E-state index in [2.05, 4.69) is 43.4 Å². The molecule has 12 heteroatoms. The Kier molecular flexibility index (Phi) is 13.7. The predicted molar refractivity (Wildman–Crippen MR) is 215 cm³/mol. The summed E-state index contributed by atoms with van der Waals surface area (Å²) < 4.78 is 13.3. The fourth-order valence-corrected chi connectivity index (χ4v) is 9.15. The van der Waals surface area contributed by atoms with Crippen LogP contribution in [0.5, 0.6) is 11.5 Å². The first-order chi connectivity index (χ1) is 26.2. The molecule has 5 unspecified atom stereocenters. The molecule has 5 atom stereocenters. The maximum atomic E-state index is 14.4. The lowest BCUT2D eigenvalue weighted by molar-refractivity contribution is -0.155. The topological polar surface area (TPSA) is 138 Å². The minimum Gasteiger partial charge on any atom is -0.496 e. The number of hydrogen-bond donors (Lipinski definition) is 3. The summed E-state index contributed by atoms with van der Waals surface area (Å²) in [5, 5.41) is 22.0. The van der Waals surface area contributed by atoms with E-state index >= 15 is 0 Å². The van der Waals surface area contributed by atoms with Gasteiger partial charge in [-0.2, -0.15) is 5.10 Å². The standard InChI is InChI=1S/C43H62N6O6/c1-27(2)33-25-31(41(51)48(7)20-12-19-47(6)18-11-17-44-5)15-16-35(33)49-36(39-37(54-8)13-10-14-38(39)55-9)26-34(46-49)40(50)45-43(42(52)53)29(4)23-30-21-28(3)22-32(43)24-30/h10,13-16,25-30,32,44H,11-12,17-24H2,1-9H3,(H,45,50)(H,52,53). The van der Waals surface area contributed by atoms with Gasteiger partial charge >= 0.3 is 5.97 Å². The Hall–Kier alpha value is -4.42. The zero-order valence-corrected chi connectivity index (χ0v) is 34.3. The summed E-state index contributed by atoms with van der Waals surface area (Å²) in [5.74, 6) is -0.183. The minimum absolute atomic E-state index is 0.0205. The second-order valence-electron chi connectivity index (χ2n) is 16.3. The number of aliphatic carboxylic acids is 1. The van der Waals surface area contributed by atoms with Crippen molar-refractivity contribution < 1.29 is 29.0 Å². The summed E-state index contributed by atoms with van der Waals surface area (Å²) in [5.41, 5.74) is 1.89. The molecule has 2 amide bonds. The van der Waals surface area contributed by atoms with Crippen molar-refractivity contribution in [3.8, 4) is 28.4 Å². The molecule has 2 aromatic carbocycles. The summed E-state index contributed by atoms with van der Waals surface area (Å²) in [4.78, 5) is 45.4. The number of carboxylic acid groups (broad SMARTS) is 1. The number of carboxylic acids is 1. The van der Waals surface area contributed by atoms with Gasteiger partial charge in [-0.05, 0) is 144 Å². The van der Waals surface area contributed by atoms with Gasteiger partial charge < -0.3 is 35.0 Å². The minimum atomic E-state index is -1.41. The zero-order chi connectivity index (χ0) is 40.0. The van der Waals surface area contributed by atoms with Gasteiger partial charge in [0.15, 0.2) is 5.69 Å². The second-order valence-corrected chi connectivity index (χ2v) is 16.3. The van der Waals surface area contributed by atoms with E-state index in [1.165, 1.54) is 0 Å². The molecular weight excluding hydrogens is 697 g/mol. The van der Waals surface area contributed by atoms with Gasteiger partial charge in [0.05, 0.1) is 31.2 Å². The highest BCUT2D eigenvalue weighted by Crippen LogP contribution is 2.50. The maximum absolute atomic E-state index is 14.4. The number of benzene rings is 2. The van der Waals surface area contributed by atoms with E-state index in [1.807, 2.05) is 51.4 Å². The number of nitrogens with zero attached hydrogens (tertiary/aromatic N) is 4. The van der Waals surface area contributed by atoms with Crippen LogP contribution < -0.4 is 20.1 Å². The van der Waals surface area contributed by atoms with Crippen molar-refractivity contribution in [3.05, 3.63) is 59.3 Å². The summed E-state index contributed by atoms with van der Waals surface area (Å²) in [6.45, 7) is 11.7. The molecule has 3 N–H and O–H groups in total.